The van der Waals surface area contributed by atoms with E-state index in [1.807, 2.05) is 0 Å². The monoisotopic (exact) mass is 304 g/mol. The second-order valence-corrected chi connectivity index (χ2v) is 10.4. The van der Waals surface area contributed by atoms with E-state index in [1.165, 1.54) is 25.7 Å². The number of rotatable bonds is 0. The lowest BCUT2D eigenvalue weighted by atomic mass is 9.33. The summed E-state index contributed by atoms with van der Waals surface area (Å²) in [5.74, 6) is 1.84. The first-order valence-corrected chi connectivity index (χ1v) is 9.33. The van der Waals surface area contributed by atoms with Crippen LogP contribution in [0, 0.1) is 33.5 Å². The Morgan fingerprint density at radius 3 is 2.41 bits per heavy atom. The van der Waals surface area contributed by atoms with Crippen molar-refractivity contribution in [2.75, 3.05) is 0 Å². The van der Waals surface area contributed by atoms with Gasteiger partial charge < -0.3 is 5.11 Å². The molecule has 22 heavy (non-hydrogen) atoms. The van der Waals surface area contributed by atoms with E-state index >= 15 is 0 Å². The molecule has 5 saturated carbocycles. The number of aliphatic hydroxyl groups is 1. The minimum Gasteiger partial charge on any atom is -0.393 e. The molecule has 1 spiro atoms. The van der Waals surface area contributed by atoms with E-state index in [1.54, 1.807) is 0 Å². The van der Waals surface area contributed by atoms with Gasteiger partial charge in [0.05, 0.1) is 6.10 Å². The SMILES string of the molecule is CC1(C)CC(=O)C[C@@]2(C)[C@H]1CC[C@H]1C[C@]3(C)CC[C@@]12C[C@H]3O. The van der Waals surface area contributed by atoms with E-state index in [-0.39, 0.29) is 27.8 Å². The van der Waals surface area contributed by atoms with Gasteiger partial charge in [0, 0.05) is 12.8 Å². The summed E-state index contributed by atoms with van der Waals surface area (Å²) < 4.78 is 0. The zero-order valence-corrected chi connectivity index (χ0v) is 14.7. The minimum absolute atomic E-state index is 0.109. The van der Waals surface area contributed by atoms with Crippen LogP contribution in [0.25, 0.3) is 0 Å². The molecule has 1 N–H and O–H groups in total. The molecule has 0 aliphatic heterocycles. The third-order valence-electron chi connectivity index (χ3n) is 8.87. The first-order valence-electron chi connectivity index (χ1n) is 9.33. The fourth-order valence-electron chi connectivity index (χ4n) is 7.79. The lowest BCUT2D eigenvalue weighted by molar-refractivity contribution is -0.245. The first-order chi connectivity index (χ1) is 10.1. The van der Waals surface area contributed by atoms with Crippen LogP contribution in [0.1, 0.15) is 79.1 Å². The van der Waals surface area contributed by atoms with Gasteiger partial charge in [-0.25, -0.2) is 0 Å². The van der Waals surface area contributed by atoms with Gasteiger partial charge in [-0.2, -0.15) is 0 Å². The van der Waals surface area contributed by atoms with E-state index in [2.05, 4.69) is 27.7 Å². The van der Waals surface area contributed by atoms with E-state index in [0.717, 1.165) is 31.6 Å². The summed E-state index contributed by atoms with van der Waals surface area (Å²) in [5.41, 5.74) is 0.606. The molecule has 2 heteroatoms. The Morgan fingerprint density at radius 1 is 1.00 bits per heavy atom. The Kier molecular flexibility index (Phi) is 2.88. The third kappa shape index (κ3) is 1.63. The maximum absolute atomic E-state index is 12.6. The van der Waals surface area contributed by atoms with E-state index < -0.39 is 0 Å². The van der Waals surface area contributed by atoms with E-state index in [4.69, 9.17) is 0 Å². The van der Waals surface area contributed by atoms with Gasteiger partial charge in [-0.05, 0) is 72.0 Å². The highest BCUT2D eigenvalue weighted by Crippen LogP contribution is 2.74. The maximum atomic E-state index is 12.6. The van der Waals surface area contributed by atoms with Crippen molar-refractivity contribution >= 4 is 5.78 Å². The molecule has 0 amide bonds. The number of hydrogen-bond acceptors (Lipinski definition) is 2. The number of carbonyl (C=O) groups excluding carboxylic acids is 1. The quantitative estimate of drug-likeness (QED) is 0.722. The fourth-order valence-corrected chi connectivity index (χ4v) is 7.79. The Labute approximate surface area is 135 Å². The Morgan fingerprint density at radius 2 is 1.73 bits per heavy atom. The highest BCUT2D eigenvalue weighted by atomic mass is 16.3. The minimum atomic E-state index is -0.159. The molecule has 6 atom stereocenters. The van der Waals surface area contributed by atoms with Crippen LogP contribution in [0.15, 0.2) is 0 Å². The van der Waals surface area contributed by atoms with Crippen LogP contribution in [0.4, 0.5) is 0 Å². The van der Waals surface area contributed by atoms with Gasteiger partial charge >= 0.3 is 0 Å². The van der Waals surface area contributed by atoms with Crippen molar-refractivity contribution < 1.29 is 9.90 Å². The van der Waals surface area contributed by atoms with Crippen LogP contribution in [0.3, 0.4) is 0 Å². The molecule has 5 aliphatic rings. The molecule has 2 nitrogen and oxygen atoms in total. The molecule has 0 unspecified atom stereocenters. The molecule has 5 fully saturated rings. The Bertz CT molecular complexity index is 524. The number of ketones is 1. The zero-order chi connectivity index (χ0) is 16.0. The molecule has 124 valence electrons. The maximum Gasteiger partial charge on any atom is 0.134 e. The van der Waals surface area contributed by atoms with Gasteiger partial charge in [0.2, 0.25) is 0 Å². The summed E-state index contributed by atoms with van der Waals surface area (Å²) in [5, 5.41) is 10.8. The molecule has 0 aromatic rings. The molecule has 0 heterocycles. The van der Waals surface area contributed by atoms with Crippen LogP contribution in [0.2, 0.25) is 0 Å². The molecule has 0 radical (unpaired) electrons. The highest BCUT2D eigenvalue weighted by Gasteiger charge is 2.69. The van der Waals surface area contributed by atoms with Crippen LogP contribution < -0.4 is 0 Å². The lowest BCUT2D eigenvalue weighted by Gasteiger charge is -2.72. The largest absolute Gasteiger partial charge is 0.393 e. The molecular weight excluding hydrogens is 272 g/mol. The molecule has 0 aromatic carbocycles. The molecule has 5 rings (SSSR count). The van der Waals surface area contributed by atoms with Crippen molar-refractivity contribution in [3.63, 3.8) is 0 Å². The number of carbonyl (C=O) groups is 1. The fraction of sp³-hybridized carbons (Fsp3) is 0.950. The second-order valence-electron chi connectivity index (χ2n) is 10.4. The van der Waals surface area contributed by atoms with E-state index in [0.29, 0.717) is 11.7 Å². The Balaban J connectivity index is 1.82. The van der Waals surface area contributed by atoms with Crippen molar-refractivity contribution in [1.82, 2.24) is 0 Å². The van der Waals surface area contributed by atoms with Gasteiger partial charge in [0.1, 0.15) is 5.78 Å². The van der Waals surface area contributed by atoms with Crippen molar-refractivity contribution in [3.8, 4) is 0 Å². The standard InChI is InChI=1S/C20H32O2/c1-17(2)10-14(21)11-19(4)15(17)6-5-13-9-18(3)7-8-20(13,19)12-16(18)22/h13,15-16,22H,5-12H2,1-4H3/t13-,15-,16+,18-,19-,20+/m0/s1. The predicted octanol–water partition coefficient (Wildman–Crippen LogP) is 4.35. The number of fused-ring (bicyclic) bond motifs is 3. The third-order valence-corrected chi connectivity index (χ3v) is 8.87. The van der Waals surface area contributed by atoms with Crippen molar-refractivity contribution in [1.29, 1.82) is 0 Å². The van der Waals surface area contributed by atoms with Crippen LogP contribution in [0.5, 0.6) is 0 Å². The summed E-state index contributed by atoms with van der Waals surface area (Å²) in [7, 11) is 0. The number of Topliss-reactive ketones (excluding diaryl/α,β-unsaturated/α-hetero) is 1. The van der Waals surface area contributed by atoms with Gasteiger partial charge in [-0.3, -0.25) is 4.79 Å². The number of aliphatic hydroxyl groups excluding tert-OH is 1. The van der Waals surface area contributed by atoms with Gasteiger partial charge in [-0.15, -0.1) is 0 Å². The average molecular weight is 304 g/mol. The summed E-state index contributed by atoms with van der Waals surface area (Å²) >= 11 is 0. The summed E-state index contributed by atoms with van der Waals surface area (Å²) in [4.78, 5) is 12.6. The van der Waals surface area contributed by atoms with Crippen LogP contribution in [-0.2, 0) is 4.79 Å². The van der Waals surface area contributed by atoms with Crippen molar-refractivity contribution in [2.45, 2.75) is 85.2 Å². The molecule has 0 saturated heterocycles. The molecule has 0 aromatic heterocycles. The summed E-state index contributed by atoms with van der Waals surface area (Å²) in [6.45, 7) is 9.35. The predicted molar refractivity (Wildman–Crippen MR) is 87.4 cm³/mol. The van der Waals surface area contributed by atoms with Crippen LogP contribution >= 0.6 is 0 Å². The Hall–Kier alpha value is -0.370. The highest BCUT2D eigenvalue weighted by molar-refractivity contribution is 5.81. The smallest absolute Gasteiger partial charge is 0.134 e. The average Bonchev–Trinajstić information content (AvgIpc) is 2.37. The van der Waals surface area contributed by atoms with Gasteiger partial charge in [0.15, 0.2) is 0 Å². The lowest BCUT2D eigenvalue weighted by Crippen LogP contribution is -2.67. The normalized spacial score (nSPS) is 56.4. The second kappa shape index (κ2) is 4.18. The molecular formula is C20H32O2. The van der Waals surface area contributed by atoms with Gasteiger partial charge in [0.25, 0.3) is 0 Å². The summed E-state index contributed by atoms with van der Waals surface area (Å²) in [6.07, 6.45) is 8.50. The topological polar surface area (TPSA) is 37.3 Å². The number of hydrogen-bond donors (Lipinski definition) is 1. The zero-order valence-electron chi connectivity index (χ0n) is 14.7. The molecule has 5 aliphatic carbocycles. The van der Waals surface area contributed by atoms with Crippen molar-refractivity contribution in [3.05, 3.63) is 0 Å². The van der Waals surface area contributed by atoms with Crippen LogP contribution in [-0.4, -0.2) is 17.0 Å². The van der Waals surface area contributed by atoms with E-state index in [9.17, 15) is 9.90 Å². The van der Waals surface area contributed by atoms with Crippen molar-refractivity contribution in [2.24, 2.45) is 33.5 Å². The summed E-state index contributed by atoms with van der Waals surface area (Å²) in [6, 6.07) is 0. The first kappa shape index (κ1) is 15.2. The molecule has 2 bridgehead atoms. The van der Waals surface area contributed by atoms with Gasteiger partial charge in [-0.1, -0.05) is 27.7 Å².